The molecule has 0 heterocycles. The smallest absolute Gasteiger partial charge is 0.258 e. The third-order valence-electron chi connectivity index (χ3n) is 4.06. The zero-order valence-corrected chi connectivity index (χ0v) is 12.7. The van der Waals surface area contributed by atoms with Gasteiger partial charge in [-0.1, -0.05) is 6.92 Å². The van der Waals surface area contributed by atoms with Gasteiger partial charge in [0.2, 0.25) is 15.8 Å². The van der Waals surface area contributed by atoms with Crippen molar-refractivity contribution in [2.24, 2.45) is 5.41 Å². The van der Waals surface area contributed by atoms with Crippen molar-refractivity contribution in [2.45, 2.75) is 38.0 Å². The predicted molar refractivity (Wildman–Crippen MR) is 74.9 cm³/mol. The summed E-state index contributed by atoms with van der Waals surface area (Å²) < 4.78 is 40.5. The summed E-state index contributed by atoms with van der Waals surface area (Å²) in [6, 6.07) is 1.87. The number of nitrogens with one attached hydrogen (secondary N) is 1. The number of nitro groups is 1. The summed E-state index contributed by atoms with van der Waals surface area (Å²) >= 11 is 0. The summed E-state index contributed by atoms with van der Waals surface area (Å²) in [5.41, 5.74) is -0.887. The van der Waals surface area contributed by atoms with E-state index in [1.165, 1.54) is 6.92 Å². The van der Waals surface area contributed by atoms with Gasteiger partial charge in [-0.2, -0.15) is 4.39 Å². The van der Waals surface area contributed by atoms with Crippen molar-refractivity contribution in [1.29, 1.82) is 0 Å². The van der Waals surface area contributed by atoms with Crippen LogP contribution in [0.3, 0.4) is 0 Å². The van der Waals surface area contributed by atoms with E-state index in [1.54, 1.807) is 0 Å². The molecule has 0 spiro atoms. The number of aryl methyl sites for hydroxylation is 1. The lowest BCUT2D eigenvalue weighted by molar-refractivity contribution is -0.387. The largest absolute Gasteiger partial charge is 0.306 e. The average molecular weight is 316 g/mol. The van der Waals surface area contributed by atoms with E-state index in [2.05, 4.69) is 4.72 Å². The Morgan fingerprint density at radius 2 is 2.05 bits per heavy atom. The Bertz CT molecular complexity index is 684. The molecule has 0 bridgehead atoms. The van der Waals surface area contributed by atoms with E-state index < -0.39 is 26.5 Å². The normalized spacial score (nSPS) is 16.7. The van der Waals surface area contributed by atoms with E-state index in [9.17, 15) is 22.9 Å². The number of hydrogen-bond acceptors (Lipinski definition) is 4. The van der Waals surface area contributed by atoms with Gasteiger partial charge in [0.05, 0.1) is 9.82 Å². The fourth-order valence-corrected chi connectivity index (χ4v) is 3.43. The van der Waals surface area contributed by atoms with Gasteiger partial charge < -0.3 is 0 Å². The molecule has 116 valence electrons. The first kappa shape index (κ1) is 15.8. The van der Waals surface area contributed by atoms with Gasteiger partial charge in [-0.25, -0.2) is 13.1 Å². The van der Waals surface area contributed by atoms with Gasteiger partial charge in [0.15, 0.2) is 0 Å². The second-order valence-electron chi connectivity index (χ2n) is 5.51. The van der Waals surface area contributed by atoms with Gasteiger partial charge in [-0.15, -0.1) is 0 Å². The average Bonchev–Trinajstić information content (AvgIpc) is 3.20. The van der Waals surface area contributed by atoms with Crippen LogP contribution in [0.5, 0.6) is 0 Å². The highest BCUT2D eigenvalue weighted by Crippen LogP contribution is 2.48. The van der Waals surface area contributed by atoms with Crippen molar-refractivity contribution in [2.75, 3.05) is 6.54 Å². The van der Waals surface area contributed by atoms with Crippen LogP contribution in [-0.2, 0) is 10.0 Å². The minimum Gasteiger partial charge on any atom is -0.258 e. The molecule has 8 heteroatoms. The first-order chi connectivity index (χ1) is 9.71. The highest BCUT2D eigenvalue weighted by Gasteiger charge is 2.41. The van der Waals surface area contributed by atoms with Gasteiger partial charge in [0.25, 0.3) is 0 Å². The maximum atomic E-state index is 13.6. The Morgan fingerprint density at radius 1 is 1.43 bits per heavy atom. The molecule has 1 aliphatic carbocycles. The van der Waals surface area contributed by atoms with Crippen LogP contribution >= 0.6 is 0 Å². The molecule has 0 atom stereocenters. The fourth-order valence-electron chi connectivity index (χ4n) is 2.17. The Kier molecular flexibility index (Phi) is 4.03. The number of nitrogens with zero attached hydrogens (tertiary/aromatic N) is 1. The number of nitro benzene ring substituents is 1. The summed E-state index contributed by atoms with van der Waals surface area (Å²) in [6.07, 6.45) is 2.81. The molecule has 21 heavy (non-hydrogen) atoms. The van der Waals surface area contributed by atoms with Crippen LogP contribution in [0.15, 0.2) is 17.0 Å². The number of halogens is 1. The van der Waals surface area contributed by atoms with Gasteiger partial charge >= 0.3 is 5.69 Å². The Balaban J connectivity index is 2.30. The van der Waals surface area contributed by atoms with Crippen LogP contribution in [0.1, 0.15) is 31.7 Å². The third kappa shape index (κ3) is 3.21. The first-order valence-corrected chi connectivity index (χ1v) is 8.13. The van der Waals surface area contributed by atoms with Crippen LogP contribution in [0.4, 0.5) is 10.1 Å². The molecule has 1 aromatic carbocycles. The van der Waals surface area contributed by atoms with Gasteiger partial charge in [0, 0.05) is 12.6 Å². The molecule has 0 aliphatic heterocycles. The van der Waals surface area contributed by atoms with Crippen molar-refractivity contribution >= 4 is 15.7 Å². The lowest BCUT2D eigenvalue weighted by Crippen LogP contribution is -2.30. The summed E-state index contributed by atoms with van der Waals surface area (Å²) in [5.74, 6) is -1.01. The van der Waals surface area contributed by atoms with E-state index in [0.717, 1.165) is 31.4 Å². The van der Waals surface area contributed by atoms with Crippen molar-refractivity contribution in [1.82, 2.24) is 4.72 Å². The molecule has 1 aliphatic rings. The molecule has 1 saturated carbocycles. The topological polar surface area (TPSA) is 89.3 Å². The van der Waals surface area contributed by atoms with Crippen molar-refractivity contribution in [3.8, 4) is 0 Å². The second kappa shape index (κ2) is 5.34. The molecule has 0 unspecified atom stereocenters. The minimum atomic E-state index is -3.88. The third-order valence-corrected chi connectivity index (χ3v) is 5.44. The Hall–Kier alpha value is -1.54. The minimum absolute atomic E-state index is 0.00801. The summed E-state index contributed by atoms with van der Waals surface area (Å²) in [5, 5.41) is 10.8. The molecule has 0 amide bonds. The van der Waals surface area contributed by atoms with Gasteiger partial charge in [-0.05, 0) is 43.2 Å². The lowest BCUT2D eigenvalue weighted by Gasteiger charge is -2.14. The van der Waals surface area contributed by atoms with E-state index in [1.807, 2.05) is 6.92 Å². The van der Waals surface area contributed by atoms with Crippen LogP contribution in [-0.4, -0.2) is 19.9 Å². The first-order valence-electron chi connectivity index (χ1n) is 6.65. The molecule has 1 fully saturated rings. The molecular formula is C13H17FN2O4S. The van der Waals surface area contributed by atoms with Crippen molar-refractivity contribution < 1.29 is 17.7 Å². The maximum Gasteiger partial charge on any atom is 0.306 e. The predicted octanol–water partition coefficient (Wildman–Crippen LogP) is 2.51. The second-order valence-corrected chi connectivity index (χ2v) is 7.28. The van der Waals surface area contributed by atoms with E-state index in [-0.39, 0.29) is 15.9 Å². The monoisotopic (exact) mass is 316 g/mol. The highest BCUT2D eigenvalue weighted by atomic mass is 32.2. The summed E-state index contributed by atoms with van der Waals surface area (Å²) in [7, 11) is -3.88. The van der Waals surface area contributed by atoms with Crippen LogP contribution in [0.25, 0.3) is 0 Å². The quantitative estimate of drug-likeness (QED) is 0.645. The molecule has 6 nitrogen and oxygen atoms in total. The standard InChI is InChI=1S/C13H17FN2O4S/c1-3-13(4-5-13)8-15-21(19,20)10-6-9(2)12(14)11(7-10)16(17)18/h6-7,15H,3-5,8H2,1-2H3. The fraction of sp³-hybridized carbons (Fsp3) is 0.538. The van der Waals surface area contributed by atoms with E-state index in [0.29, 0.717) is 6.54 Å². The Morgan fingerprint density at radius 3 is 2.52 bits per heavy atom. The SMILES string of the molecule is CCC1(CNS(=O)(=O)c2cc(C)c(F)c([N+](=O)[O-])c2)CC1. The number of benzene rings is 1. The lowest BCUT2D eigenvalue weighted by atomic mass is 10.1. The molecule has 1 aromatic rings. The zero-order valence-electron chi connectivity index (χ0n) is 11.8. The highest BCUT2D eigenvalue weighted by molar-refractivity contribution is 7.89. The maximum absolute atomic E-state index is 13.6. The molecule has 0 saturated heterocycles. The Labute approximate surface area is 122 Å². The summed E-state index contributed by atoms with van der Waals surface area (Å²) in [4.78, 5) is 9.58. The van der Waals surface area contributed by atoms with Gasteiger partial charge in [0.1, 0.15) is 0 Å². The van der Waals surface area contributed by atoms with Crippen molar-refractivity contribution in [3.05, 3.63) is 33.6 Å². The van der Waals surface area contributed by atoms with Crippen molar-refractivity contribution in [3.63, 3.8) is 0 Å². The number of rotatable bonds is 6. The number of hydrogen-bond donors (Lipinski definition) is 1. The van der Waals surface area contributed by atoms with Crippen LogP contribution in [0, 0.1) is 28.3 Å². The van der Waals surface area contributed by atoms with E-state index >= 15 is 0 Å². The zero-order chi connectivity index (χ0) is 15.8. The number of sulfonamides is 1. The molecule has 2 rings (SSSR count). The summed E-state index contributed by atoms with van der Waals surface area (Å²) in [6.45, 7) is 3.60. The van der Waals surface area contributed by atoms with E-state index in [4.69, 9.17) is 0 Å². The molecule has 0 aromatic heterocycles. The van der Waals surface area contributed by atoms with Crippen LogP contribution in [0.2, 0.25) is 0 Å². The van der Waals surface area contributed by atoms with Gasteiger partial charge in [-0.3, -0.25) is 10.1 Å². The van der Waals surface area contributed by atoms with Crippen LogP contribution < -0.4 is 4.72 Å². The molecule has 0 radical (unpaired) electrons. The molecule has 1 N–H and O–H groups in total. The molecular weight excluding hydrogens is 299 g/mol.